The number of aliphatic carboxylic acids is 1. The fourth-order valence-electron chi connectivity index (χ4n) is 2.54. The summed E-state index contributed by atoms with van der Waals surface area (Å²) in [5.41, 5.74) is 1.61. The summed E-state index contributed by atoms with van der Waals surface area (Å²) >= 11 is 0. The van der Waals surface area contributed by atoms with E-state index in [2.05, 4.69) is 4.98 Å². The summed E-state index contributed by atoms with van der Waals surface area (Å²) in [6, 6.07) is 3.56. The van der Waals surface area contributed by atoms with Crippen molar-refractivity contribution >= 4 is 17.5 Å². The number of aromatic nitrogens is 2. The van der Waals surface area contributed by atoms with E-state index >= 15 is 0 Å². The topological polar surface area (TPSA) is 84.1 Å². The summed E-state index contributed by atoms with van der Waals surface area (Å²) in [7, 11) is 1.55. The Kier molecular flexibility index (Phi) is 5.20. The van der Waals surface area contributed by atoms with Crippen molar-refractivity contribution in [3.05, 3.63) is 29.7 Å². The van der Waals surface area contributed by atoms with E-state index < -0.39 is 5.97 Å². The van der Waals surface area contributed by atoms with Crippen LogP contribution in [0.15, 0.2) is 18.3 Å². The van der Waals surface area contributed by atoms with Gasteiger partial charge in [0.05, 0.1) is 19.2 Å². The molecule has 0 aromatic carbocycles. The van der Waals surface area contributed by atoms with Gasteiger partial charge in [-0.1, -0.05) is 6.92 Å². The number of carboxylic acid groups (broad SMARTS) is 1. The third-order valence-corrected chi connectivity index (χ3v) is 3.59. The first-order valence-corrected chi connectivity index (χ1v) is 7.52. The van der Waals surface area contributed by atoms with Crippen LogP contribution in [-0.2, 0) is 4.79 Å². The molecule has 2 heterocycles. The standard InChI is InChI=1S/C16H21N3O4/c1-4-8-18(10-7-13(20)21)16(22)14-11(2)17-15-12(23-3)6-5-9-19(14)15/h5-6,9H,4,7-8,10H2,1-3H3,(H,20,21). The molecule has 124 valence electrons. The third kappa shape index (κ3) is 3.44. The number of pyridine rings is 1. The van der Waals surface area contributed by atoms with E-state index in [1.807, 2.05) is 6.92 Å². The molecule has 0 unspecified atom stereocenters. The zero-order valence-corrected chi connectivity index (χ0v) is 13.6. The molecule has 1 amide bonds. The van der Waals surface area contributed by atoms with Crippen LogP contribution in [-0.4, -0.2) is 51.5 Å². The van der Waals surface area contributed by atoms with Crippen LogP contribution in [0.2, 0.25) is 0 Å². The van der Waals surface area contributed by atoms with E-state index in [4.69, 9.17) is 9.84 Å². The minimum absolute atomic E-state index is 0.0785. The first kappa shape index (κ1) is 16.8. The van der Waals surface area contributed by atoms with Gasteiger partial charge in [-0.2, -0.15) is 0 Å². The highest BCUT2D eigenvalue weighted by Crippen LogP contribution is 2.22. The predicted octanol–water partition coefficient (Wildman–Crippen LogP) is 1.98. The second-order valence-electron chi connectivity index (χ2n) is 5.25. The maximum absolute atomic E-state index is 12.9. The fourth-order valence-corrected chi connectivity index (χ4v) is 2.54. The first-order chi connectivity index (χ1) is 11.0. The van der Waals surface area contributed by atoms with E-state index in [9.17, 15) is 9.59 Å². The Hall–Kier alpha value is -2.57. The SMILES string of the molecule is CCCN(CCC(=O)O)C(=O)c1c(C)nc2c(OC)cccn12. The molecule has 7 nitrogen and oxygen atoms in total. The van der Waals surface area contributed by atoms with Crippen molar-refractivity contribution in [2.24, 2.45) is 0 Å². The molecule has 23 heavy (non-hydrogen) atoms. The second kappa shape index (κ2) is 7.13. The number of carboxylic acids is 1. The molecular formula is C16H21N3O4. The Labute approximate surface area is 134 Å². The van der Waals surface area contributed by atoms with Crippen LogP contribution in [0.25, 0.3) is 5.65 Å². The summed E-state index contributed by atoms with van der Waals surface area (Å²) in [4.78, 5) is 29.7. The number of rotatable bonds is 7. The monoisotopic (exact) mass is 319 g/mol. The van der Waals surface area contributed by atoms with E-state index in [1.54, 1.807) is 41.7 Å². The lowest BCUT2D eigenvalue weighted by Gasteiger charge is -2.21. The lowest BCUT2D eigenvalue weighted by atomic mass is 10.2. The molecule has 0 spiro atoms. The molecule has 0 fully saturated rings. The molecule has 2 rings (SSSR count). The fraction of sp³-hybridized carbons (Fsp3) is 0.438. The van der Waals surface area contributed by atoms with Gasteiger partial charge in [-0.05, 0) is 25.5 Å². The lowest BCUT2D eigenvalue weighted by molar-refractivity contribution is -0.137. The van der Waals surface area contributed by atoms with E-state index in [0.717, 1.165) is 6.42 Å². The van der Waals surface area contributed by atoms with Gasteiger partial charge in [-0.15, -0.1) is 0 Å². The molecule has 7 heteroatoms. The van der Waals surface area contributed by atoms with Crippen molar-refractivity contribution in [2.45, 2.75) is 26.7 Å². The Bertz CT molecular complexity index is 723. The number of carbonyl (C=O) groups is 2. The van der Waals surface area contributed by atoms with Gasteiger partial charge < -0.3 is 14.7 Å². The van der Waals surface area contributed by atoms with Gasteiger partial charge >= 0.3 is 5.97 Å². The Morgan fingerprint density at radius 3 is 2.74 bits per heavy atom. The lowest BCUT2D eigenvalue weighted by Crippen LogP contribution is -2.34. The molecule has 0 atom stereocenters. The molecule has 0 saturated carbocycles. The highest BCUT2D eigenvalue weighted by Gasteiger charge is 2.23. The van der Waals surface area contributed by atoms with Crippen LogP contribution < -0.4 is 4.74 Å². The molecule has 0 bridgehead atoms. The van der Waals surface area contributed by atoms with Crippen LogP contribution in [0.1, 0.15) is 35.9 Å². The van der Waals surface area contributed by atoms with Gasteiger partial charge in [0.1, 0.15) is 5.69 Å². The van der Waals surface area contributed by atoms with E-state index in [0.29, 0.717) is 29.3 Å². The van der Waals surface area contributed by atoms with Crippen LogP contribution in [0.3, 0.4) is 0 Å². The molecule has 0 aliphatic carbocycles. The van der Waals surface area contributed by atoms with Crippen molar-refractivity contribution < 1.29 is 19.4 Å². The molecule has 2 aromatic heterocycles. The minimum Gasteiger partial charge on any atom is -0.493 e. The van der Waals surface area contributed by atoms with Crippen molar-refractivity contribution in [1.82, 2.24) is 14.3 Å². The number of aryl methyl sites for hydroxylation is 1. The highest BCUT2D eigenvalue weighted by molar-refractivity contribution is 5.95. The average Bonchev–Trinajstić information content (AvgIpc) is 2.86. The van der Waals surface area contributed by atoms with Crippen molar-refractivity contribution in [3.8, 4) is 5.75 Å². The normalized spacial score (nSPS) is 10.7. The van der Waals surface area contributed by atoms with Crippen LogP contribution in [0.5, 0.6) is 5.75 Å². The quantitative estimate of drug-likeness (QED) is 0.843. The smallest absolute Gasteiger partial charge is 0.305 e. The molecule has 0 saturated heterocycles. The van der Waals surface area contributed by atoms with Crippen molar-refractivity contribution in [1.29, 1.82) is 0 Å². The van der Waals surface area contributed by atoms with Crippen LogP contribution >= 0.6 is 0 Å². The third-order valence-electron chi connectivity index (χ3n) is 3.59. The summed E-state index contributed by atoms with van der Waals surface area (Å²) in [6.07, 6.45) is 2.43. The largest absolute Gasteiger partial charge is 0.493 e. The number of carbonyl (C=O) groups excluding carboxylic acids is 1. The van der Waals surface area contributed by atoms with Crippen LogP contribution in [0, 0.1) is 6.92 Å². The number of imidazole rings is 1. The number of hydrogen-bond acceptors (Lipinski definition) is 4. The van der Waals surface area contributed by atoms with Crippen molar-refractivity contribution in [2.75, 3.05) is 20.2 Å². The summed E-state index contributed by atoms with van der Waals surface area (Å²) in [5.74, 6) is -0.552. The van der Waals surface area contributed by atoms with Crippen LogP contribution in [0.4, 0.5) is 0 Å². The Morgan fingerprint density at radius 2 is 2.13 bits per heavy atom. The molecule has 0 aliphatic rings. The summed E-state index contributed by atoms with van der Waals surface area (Å²) in [6.45, 7) is 4.40. The highest BCUT2D eigenvalue weighted by atomic mass is 16.5. The average molecular weight is 319 g/mol. The molecular weight excluding hydrogens is 298 g/mol. The van der Waals surface area contributed by atoms with Gasteiger partial charge in [-0.3, -0.25) is 14.0 Å². The number of ether oxygens (including phenoxy) is 1. The molecule has 1 N–H and O–H groups in total. The van der Waals surface area contributed by atoms with Gasteiger partial charge in [0.25, 0.3) is 5.91 Å². The van der Waals surface area contributed by atoms with E-state index in [1.165, 1.54) is 0 Å². The van der Waals surface area contributed by atoms with Gasteiger partial charge in [0.2, 0.25) is 0 Å². The number of fused-ring (bicyclic) bond motifs is 1. The summed E-state index contributed by atoms with van der Waals surface area (Å²) < 4.78 is 6.97. The number of nitrogens with zero attached hydrogens (tertiary/aromatic N) is 3. The molecule has 0 radical (unpaired) electrons. The number of amides is 1. The first-order valence-electron chi connectivity index (χ1n) is 7.52. The zero-order valence-electron chi connectivity index (χ0n) is 13.6. The second-order valence-corrected chi connectivity index (χ2v) is 5.25. The number of hydrogen-bond donors (Lipinski definition) is 1. The van der Waals surface area contributed by atoms with Gasteiger partial charge in [-0.25, -0.2) is 4.98 Å². The molecule has 0 aliphatic heterocycles. The maximum atomic E-state index is 12.9. The minimum atomic E-state index is -0.921. The van der Waals surface area contributed by atoms with E-state index in [-0.39, 0.29) is 18.9 Å². The summed E-state index contributed by atoms with van der Waals surface area (Å²) in [5, 5.41) is 8.87. The van der Waals surface area contributed by atoms with Crippen molar-refractivity contribution in [3.63, 3.8) is 0 Å². The maximum Gasteiger partial charge on any atom is 0.305 e. The number of methoxy groups -OCH3 is 1. The van der Waals surface area contributed by atoms with Gasteiger partial charge in [0.15, 0.2) is 11.4 Å². The predicted molar refractivity (Wildman–Crippen MR) is 84.9 cm³/mol. The Balaban J connectivity index is 2.42. The Morgan fingerprint density at radius 1 is 1.39 bits per heavy atom. The zero-order chi connectivity index (χ0) is 17.0. The molecule has 2 aromatic rings. The van der Waals surface area contributed by atoms with Gasteiger partial charge in [0, 0.05) is 19.3 Å².